The van der Waals surface area contributed by atoms with Crippen molar-refractivity contribution in [2.45, 2.75) is 31.7 Å². The summed E-state index contributed by atoms with van der Waals surface area (Å²) in [4.78, 5) is 47.0. The Morgan fingerprint density at radius 3 is 2.54 bits per heavy atom. The summed E-state index contributed by atoms with van der Waals surface area (Å²) >= 11 is 0. The molecule has 2 atom stereocenters. The molecule has 7 nitrogen and oxygen atoms in total. The molecule has 0 unspecified atom stereocenters. The molecule has 0 saturated heterocycles. The van der Waals surface area contributed by atoms with Gasteiger partial charge in [-0.3, -0.25) is 19.2 Å². The van der Waals surface area contributed by atoms with E-state index in [9.17, 15) is 19.2 Å². The number of hydrogen-bond donors (Lipinski definition) is 3. The predicted octanol–water partition coefficient (Wildman–Crippen LogP) is 0.146. The lowest BCUT2D eigenvalue weighted by Crippen LogP contribution is -2.52. The van der Waals surface area contributed by atoms with Gasteiger partial charge in [-0.15, -0.1) is 0 Å². The van der Waals surface area contributed by atoms with Crippen molar-refractivity contribution < 1.29 is 19.2 Å². The van der Waals surface area contributed by atoms with Crippen LogP contribution in [0.1, 0.15) is 36.0 Å². The molecule has 1 fully saturated rings. The Kier molecular flexibility index (Phi) is 6.06. The third kappa shape index (κ3) is 4.91. The maximum atomic E-state index is 12.0. The fourth-order valence-corrected chi connectivity index (χ4v) is 2.84. The maximum Gasteiger partial charge on any atom is 0.251 e. The Labute approximate surface area is 140 Å². The van der Waals surface area contributed by atoms with Crippen LogP contribution in [0.2, 0.25) is 0 Å². The number of ketones is 1. The molecule has 24 heavy (non-hydrogen) atoms. The van der Waals surface area contributed by atoms with Gasteiger partial charge in [-0.05, 0) is 30.9 Å². The highest BCUT2D eigenvalue weighted by molar-refractivity contribution is 5.97. The summed E-state index contributed by atoms with van der Waals surface area (Å²) in [6, 6.07) is 7.60. The van der Waals surface area contributed by atoms with Crippen LogP contribution in [0.4, 0.5) is 0 Å². The summed E-state index contributed by atoms with van der Waals surface area (Å²) in [6.07, 6.45) is 2.09. The molecule has 128 valence electrons. The molecule has 1 aliphatic carbocycles. The van der Waals surface area contributed by atoms with Crippen molar-refractivity contribution in [2.75, 3.05) is 6.54 Å². The van der Waals surface area contributed by atoms with Crippen LogP contribution in [0.15, 0.2) is 30.3 Å². The molecule has 0 radical (unpaired) electrons. The van der Waals surface area contributed by atoms with Crippen LogP contribution in [0, 0.1) is 5.92 Å². The quantitative estimate of drug-likeness (QED) is 0.687. The summed E-state index contributed by atoms with van der Waals surface area (Å²) in [5.74, 6) is -1.77. The molecule has 1 aliphatic rings. The highest BCUT2D eigenvalue weighted by Gasteiger charge is 2.32. The Morgan fingerprint density at radius 1 is 1.21 bits per heavy atom. The first-order chi connectivity index (χ1) is 11.5. The molecule has 0 heterocycles. The second-order valence-electron chi connectivity index (χ2n) is 5.89. The fraction of sp³-hybridized carbons (Fsp3) is 0.412. The number of carbonyl (C=O) groups excluding carboxylic acids is 4. The zero-order valence-electron chi connectivity index (χ0n) is 13.3. The van der Waals surface area contributed by atoms with Crippen molar-refractivity contribution in [1.29, 1.82) is 0 Å². The summed E-state index contributed by atoms with van der Waals surface area (Å²) in [6.45, 7) is -0.266. The van der Waals surface area contributed by atoms with E-state index in [4.69, 9.17) is 5.73 Å². The largest absolute Gasteiger partial charge is 0.368 e. The summed E-state index contributed by atoms with van der Waals surface area (Å²) in [7, 11) is 0. The fourth-order valence-electron chi connectivity index (χ4n) is 2.84. The molecule has 0 spiro atoms. The van der Waals surface area contributed by atoms with E-state index in [0.717, 1.165) is 0 Å². The SMILES string of the molecule is NC(=O)[C@H](NC(=O)CNC(=O)c1ccccc1)[C@H]1CCCC(=O)C1. The predicted molar refractivity (Wildman–Crippen MR) is 86.9 cm³/mol. The van der Waals surface area contributed by atoms with Crippen LogP contribution in [0.5, 0.6) is 0 Å². The second-order valence-corrected chi connectivity index (χ2v) is 5.89. The minimum absolute atomic E-state index is 0.0733. The van der Waals surface area contributed by atoms with E-state index in [1.165, 1.54) is 0 Å². The first-order valence-electron chi connectivity index (χ1n) is 7.91. The molecule has 0 aromatic heterocycles. The average molecular weight is 331 g/mol. The van der Waals surface area contributed by atoms with Crippen molar-refractivity contribution in [2.24, 2.45) is 11.7 Å². The van der Waals surface area contributed by atoms with Crippen LogP contribution >= 0.6 is 0 Å². The third-order valence-electron chi connectivity index (χ3n) is 4.06. The minimum atomic E-state index is -0.893. The standard InChI is InChI=1S/C17H21N3O4/c18-16(23)15(12-7-4-8-13(21)9-12)20-14(22)10-19-17(24)11-5-2-1-3-6-11/h1-3,5-6,12,15H,4,7-10H2,(H2,18,23)(H,19,24)(H,20,22)/t12-,15+/m0/s1. The number of hydrogen-bond acceptors (Lipinski definition) is 4. The van der Waals surface area contributed by atoms with E-state index in [2.05, 4.69) is 10.6 Å². The van der Waals surface area contributed by atoms with Gasteiger partial charge in [-0.25, -0.2) is 0 Å². The number of benzene rings is 1. The Hall–Kier alpha value is -2.70. The Morgan fingerprint density at radius 2 is 1.92 bits per heavy atom. The van der Waals surface area contributed by atoms with Gasteiger partial charge in [0.05, 0.1) is 6.54 Å². The van der Waals surface area contributed by atoms with Crippen LogP contribution in [-0.4, -0.2) is 36.1 Å². The van der Waals surface area contributed by atoms with Gasteiger partial charge in [0.15, 0.2) is 0 Å². The molecule has 3 amide bonds. The lowest BCUT2D eigenvalue weighted by Gasteiger charge is -2.28. The zero-order valence-corrected chi connectivity index (χ0v) is 13.3. The molecule has 7 heteroatoms. The molecule has 4 N–H and O–H groups in total. The molecule has 1 aromatic carbocycles. The van der Waals surface area contributed by atoms with Gasteiger partial charge in [0.25, 0.3) is 5.91 Å². The van der Waals surface area contributed by atoms with E-state index in [1.54, 1.807) is 30.3 Å². The summed E-state index contributed by atoms with van der Waals surface area (Å²) in [5.41, 5.74) is 5.80. The van der Waals surface area contributed by atoms with Crippen molar-refractivity contribution >= 4 is 23.5 Å². The monoisotopic (exact) mass is 331 g/mol. The zero-order chi connectivity index (χ0) is 17.5. The van der Waals surface area contributed by atoms with Gasteiger partial charge < -0.3 is 16.4 Å². The van der Waals surface area contributed by atoms with Crippen molar-refractivity contribution in [3.63, 3.8) is 0 Å². The summed E-state index contributed by atoms with van der Waals surface area (Å²) < 4.78 is 0. The maximum absolute atomic E-state index is 12.0. The van der Waals surface area contributed by atoms with Gasteiger partial charge in [-0.2, -0.15) is 0 Å². The third-order valence-corrected chi connectivity index (χ3v) is 4.06. The highest BCUT2D eigenvalue weighted by Crippen LogP contribution is 2.24. The lowest BCUT2D eigenvalue weighted by molar-refractivity contribution is -0.130. The van der Waals surface area contributed by atoms with Crippen LogP contribution in [-0.2, 0) is 14.4 Å². The van der Waals surface area contributed by atoms with Crippen LogP contribution in [0.25, 0.3) is 0 Å². The minimum Gasteiger partial charge on any atom is -0.368 e. The van der Waals surface area contributed by atoms with Crippen LogP contribution in [0.3, 0.4) is 0 Å². The number of primary amides is 1. The molecule has 1 saturated carbocycles. The number of nitrogens with one attached hydrogen (secondary N) is 2. The van der Waals surface area contributed by atoms with Gasteiger partial charge in [0, 0.05) is 18.4 Å². The van der Waals surface area contributed by atoms with Gasteiger partial charge >= 0.3 is 0 Å². The van der Waals surface area contributed by atoms with Crippen molar-refractivity contribution in [1.82, 2.24) is 10.6 Å². The normalized spacial score (nSPS) is 18.5. The molecule has 1 aromatic rings. The number of carbonyl (C=O) groups is 4. The Bertz CT molecular complexity index is 630. The number of Topliss-reactive ketones (excluding diaryl/α,β-unsaturated/α-hetero) is 1. The van der Waals surface area contributed by atoms with E-state index >= 15 is 0 Å². The molecular weight excluding hydrogens is 310 g/mol. The molecular formula is C17H21N3O4. The Balaban J connectivity index is 1.88. The van der Waals surface area contributed by atoms with Gasteiger partial charge in [-0.1, -0.05) is 18.2 Å². The van der Waals surface area contributed by atoms with E-state index in [-0.39, 0.29) is 30.6 Å². The summed E-state index contributed by atoms with van der Waals surface area (Å²) in [5, 5.41) is 5.02. The van der Waals surface area contributed by atoms with Crippen molar-refractivity contribution in [3.05, 3.63) is 35.9 Å². The molecule has 2 rings (SSSR count). The first kappa shape index (κ1) is 17.7. The smallest absolute Gasteiger partial charge is 0.251 e. The van der Waals surface area contributed by atoms with E-state index in [0.29, 0.717) is 24.8 Å². The van der Waals surface area contributed by atoms with Crippen molar-refractivity contribution in [3.8, 4) is 0 Å². The van der Waals surface area contributed by atoms with Gasteiger partial charge in [0.2, 0.25) is 11.8 Å². The second kappa shape index (κ2) is 8.24. The average Bonchev–Trinajstić information content (AvgIpc) is 2.58. The van der Waals surface area contributed by atoms with Crippen LogP contribution < -0.4 is 16.4 Å². The number of amides is 3. The molecule has 0 aliphatic heterocycles. The highest BCUT2D eigenvalue weighted by atomic mass is 16.2. The number of rotatable bonds is 6. The lowest BCUT2D eigenvalue weighted by atomic mass is 9.83. The first-order valence-corrected chi connectivity index (χ1v) is 7.91. The molecule has 0 bridgehead atoms. The van der Waals surface area contributed by atoms with Gasteiger partial charge in [0.1, 0.15) is 11.8 Å². The topological polar surface area (TPSA) is 118 Å². The van der Waals surface area contributed by atoms with E-state index < -0.39 is 17.9 Å². The van der Waals surface area contributed by atoms with E-state index in [1.807, 2.05) is 0 Å². The number of nitrogens with two attached hydrogens (primary N) is 1.